The van der Waals surface area contributed by atoms with Gasteiger partial charge in [0.05, 0.1) is 13.1 Å². The quantitative estimate of drug-likeness (QED) is 0.309. The predicted octanol–water partition coefficient (Wildman–Crippen LogP) is 3.52. The third kappa shape index (κ3) is 7.56. The first kappa shape index (κ1) is 23.1. The number of rotatable bonds is 10. The molecule has 1 aliphatic heterocycles. The van der Waals surface area contributed by atoms with Gasteiger partial charge in [-0.15, -0.1) is 0 Å². The van der Waals surface area contributed by atoms with Gasteiger partial charge < -0.3 is 25.4 Å². The molecule has 0 bridgehead atoms. The number of aliphatic imine (C=N–C) groups is 1. The molecule has 1 saturated heterocycles. The Hall–Kier alpha value is -2.57. The number of ether oxygens (including phenoxy) is 2. The van der Waals surface area contributed by atoms with Crippen LogP contribution >= 0.6 is 0 Å². The SMILES string of the molecule is CCNC(=NCC1(NC(C)c2ccccc2)CCOCC1)NCCOc1ccccc1. The van der Waals surface area contributed by atoms with Crippen molar-refractivity contribution in [1.29, 1.82) is 0 Å². The van der Waals surface area contributed by atoms with Crippen molar-refractivity contribution in [2.24, 2.45) is 4.99 Å². The van der Waals surface area contributed by atoms with Crippen LogP contribution in [0.15, 0.2) is 65.7 Å². The molecule has 1 aliphatic rings. The first-order valence-corrected chi connectivity index (χ1v) is 11.3. The number of benzene rings is 2. The van der Waals surface area contributed by atoms with Gasteiger partial charge in [0.2, 0.25) is 0 Å². The summed E-state index contributed by atoms with van der Waals surface area (Å²) in [4.78, 5) is 4.92. The lowest BCUT2D eigenvalue weighted by atomic mass is 9.88. The van der Waals surface area contributed by atoms with Gasteiger partial charge in [-0.25, -0.2) is 0 Å². The highest BCUT2D eigenvalue weighted by atomic mass is 16.5. The van der Waals surface area contributed by atoms with Gasteiger partial charge in [0.1, 0.15) is 12.4 Å². The molecule has 0 amide bonds. The van der Waals surface area contributed by atoms with Gasteiger partial charge in [-0.3, -0.25) is 4.99 Å². The molecule has 0 aliphatic carbocycles. The summed E-state index contributed by atoms with van der Waals surface area (Å²) >= 11 is 0. The standard InChI is InChI=1S/C25H36N4O2/c1-3-26-24(27-16-19-31-23-12-8-5-9-13-23)28-20-25(14-17-30-18-15-25)29-21(2)22-10-6-4-7-11-22/h4-13,21,29H,3,14-20H2,1-2H3,(H2,26,27,28). The third-order valence-electron chi connectivity index (χ3n) is 5.56. The number of nitrogens with zero attached hydrogens (tertiary/aromatic N) is 1. The summed E-state index contributed by atoms with van der Waals surface area (Å²) in [6, 6.07) is 20.7. The lowest BCUT2D eigenvalue weighted by Gasteiger charge is -2.39. The molecule has 1 atom stereocenters. The molecule has 31 heavy (non-hydrogen) atoms. The lowest BCUT2D eigenvalue weighted by Crippen LogP contribution is -2.53. The van der Waals surface area contributed by atoms with Crippen molar-refractivity contribution in [3.8, 4) is 5.75 Å². The molecule has 1 heterocycles. The van der Waals surface area contributed by atoms with E-state index in [9.17, 15) is 0 Å². The zero-order valence-electron chi connectivity index (χ0n) is 18.8. The van der Waals surface area contributed by atoms with Gasteiger partial charge >= 0.3 is 0 Å². The largest absolute Gasteiger partial charge is 0.492 e. The van der Waals surface area contributed by atoms with Crippen molar-refractivity contribution in [3.05, 3.63) is 66.2 Å². The molecular formula is C25H36N4O2. The van der Waals surface area contributed by atoms with Crippen molar-refractivity contribution < 1.29 is 9.47 Å². The summed E-state index contributed by atoms with van der Waals surface area (Å²) in [6.07, 6.45) is 1.90. The minimum absolute atomic E-state index is 0.0730. The van der Waals surface area contributed by atoms with Gasteiger partial charge in [-0.1, -0.05) is 48.5 Å². The summed E-state index contributed by atoms with van der Waals surface area (Å²) in [7, 11) is 0. The first-order valence-electron chi connectivity index (χ1n) is 11.3. The summed E-state index contributed by atoms with van der Waals surface area (Å²) in [5.41, 5.74) is 1.22. The highest BCUT2D eigenvalue weighted by molar-refractivity contribution is 5.79. The average Bonchev–Trinajstić information content (AvgIpc) is 2.82. The Balaban J connectivity index is 1.58. The summed E-state index contributed by atoms with van der Waals surface area (Å²) in [6.45, 7) is 8.61. The van der Waals surface area contributed by atoms with Crippen LogP contribution in [0.5, 0.6) is 5.75 Å². The minimum atomic E-state index is -0.0730. The summed E-state index contributed by atoms with van der Waals surface area (Å²) in [5, 5.41) is 10.6. The molecule has 0 radical (unpaired) electrons. The zero-order valence-corrected chi connectivity index (χ0v) is 18.8. The van der Waals surface area contributed by atoms with Crippen LogP contribution in [0.1, 0.15) is 38.3 Å². The molecule has 3 rings (SSSR count). The van der Waals surface area contributed by atoms with Crippen molar-refractivity contribution in [3.63, 3.8) is 0 Å². The van der Waals surface area contributed by atoms with Crippen molar-refractivity contribution in [1.82, 2.24) is 16.0 Å². The van der Waals surface area contributed by atoms with Crippen LogP contribution in [-0.2, 0) is 4.74 Å². The maximum atomic E-state index is 5.78. The molecule has 168 valence electrons. The van der Waals surface area contributed by atoms with E-state index in [1.54, 1.807) is 0 Å². The molecule has 1 unspecified atom stereocenters. The fourth-order valence-corrected chi connectivity index (χ4v) is 3.82. The topological polar surface area (TPSA) is 66.9 Å². The number of hydrogen-bond acceptors (Lipinski definition) is 4. The van der Waals surface area contributed by atoms with E-state index in [0.717, 1.165) is 44.3 Å². The van der Waals surface area contributed by atoms with E-state index < -0.39 is 0 Å². The molecule has 0 aromatic heterocycles. The Morgan fingerprint density at radius 3 is 2.39 bits per heavy atom. The number of para-hydroxylation sites is 1. The molecule has 1 fully saturated rings. The van der Waals surface area contributed by atoms with Gasteiger partial charge in [-0.2, -0.15) is 0 Å². The van der Waals surface area contributed by atoms with Gasteiger partial charge in [-0.05, 0) is 44.4 Å². The van der Waals surface area contributed by atoms with Crippen LogP contribution in [0, 0.1) is 0 Å². The maximum absolute atomic E-state index is 5.78. The fourth-order valence-electron chi connectivity index (χ4n) is 3.82. The van der Waals surface area contributed by atoms with E-state index in [2.05, 4.69) is 60.1 Å². The van der Waals surface area contributed by atoms with Crippen LogP contribution in [0.4, 0.5) is 0 Å². The van der Waals surface area contributed by atoms with E-state index >= 15 is 0 Å². The smallest absolute Gasteiger partial charge is 0.191 e. The Morgan fingerprint density at radius 1 is 1.03 bits per heavy atom. The van der Waals surface area contributed by atoms with E-state index in [-0.39, 0.29) is 11.6 Å². The number of nitrogens with one attached hydrogen (secondary N) is 3. The van der Waals surface area contributed by atoms with Crippen molar-refractivity contribution >= 4 is 5.96 Å². The normalized spacial score (nSPS) is 17.0. The molecule has 6 nitrogen and oxygen atoms in total. The molecule has 2 aromatic rings. The van der Waals surface area contributed by atoms with Crippen LogP contribution < -0.4 is 20.7 Å². The Labute approximate surface area is 186 Å². The van der Waals surface area contributed by atoms with Crippen LogP contribution in [0.3, 0.4) is 0 Å². The monoisotopic (exact) mass is 424 g/mol. The van der Waals surface area contributed by atoms with Crippen LogP contribution in [-0.4, -0.2) is 51.0 Å². The molecule has 2 aromatic carbocycles. The van der Waals surface area contributed by atoms with Crippen molar-refractivity contribution in [2.45, 2.75) is 38.3 Å². The van der Waals surface area contributed by atoms with Gasteiger partial charge in [0.25, 0.3) is 0 Å². The molecular weight excluding hydrogens is 388 g/mol. The summed E-state index contributed by atoms with van der Waals surface area (Å²) < 4.78 is 11.4. The highest BCUT2D eigenvalue weighted by Gasteiger charge is 2.34. The number of hydrogen-bond donors (Lipinski definition) is 3. The second-order valence-corrected chi connectivity index (χ2v) is 7.95. The lowest BCUT2D eigenvalue weighted by molar-refractivity contribution is 0.0374. The second kappa shape index (κ2) is 12.3. The van der Waals surface area contributed by atoms with Crippen LogP contribution in [0.2, 0.25) is 0 Å². The Kier molecular flexibility index (Phi) is 9.18. The average molecular weight is 425 g/mol. The fraction of sp³-hybridized carbons (Fsp3) is 0.480. The van der Waals surface area contributed by atoms with Crippen molar-refractivity contribution in [2.75, 3.05) is 39.5 Å². The third-order valence-corrected chi connectivity index (χ3v) is 5.56. The predicted molar refractivity (Wildman–Crippen MR) is 127 cm³/mol. The van der Waals surface area contributed by atoms with Gasteiger partial charge in [0.15, 0.2) is 5.96 Å². The molecule has 6 heteroatoms. The van der Waals surface area contributed by atoms with E-state index in [4.69, 9.17) is 14.5 Å². The van der Waals surface area contributed by atoms with E-state index in [1.165, 1.54) is 5.56 Å². The molecule has 0 spiro atoms. The molecule has 3 N–H and O–H groups in total. The highest BCUT2D eigenvalue weighted by Crippen LogP contribution is 2.26. The Bertz CT molecular complexity index is 777. The Morgan fingerprint density at radius 2 is 1.71 bits per heavy atom. The zero-order chi connectivity index (χ0) is 21.8. The summed E-state index contributed by atoms with van der Waals surface area (Å²) in [5.74, 6) is 1.70. The van der Waals surface area contributed by atoms with E-state index in [0.29, 0.717) is 19.7 Å². The van der Waals surface area contributed by atoms with Crippen LogP contribution in [0.25, 0.3) is 0 Å². The maximum Gasteiger partial charge on any atom is 0.191 e. The number of guanidine groups is 1. The van der Waals surface area contributed by atoms with Gasteiger partial charge in [0, 0.05) is 31.3 Å². The second-order valence-electron chi connectivity index (χ2n) is 7.95. The first-order chi connectivity index (χ1) is 15.2. The van der Waals surface area contributed by atoms with E-state index in [1.807, 2.05) is 30.3 Å². The molecule has 0 saturated carbocycles. The minimum Gasteiger partial charge on any atom is -0.492 e.